The Balaban J connectivity index is 2.40. The van der Waals surface area contributed by atoms with Crippen molar-refractivity contribution in [2.24, 2.45) is 0 Å². The summed E-state index contributed by atoms with van der Waals surface area (Å²) in [6, 6.07) is 3.59. The van der Waals surface area contributed by atoms with Gasteiger partial charge in [-0.3, -0.25) is 0 Å². The van der Waals surface area contributed by atoms with Gasteiger partial charge in [-0.1, -0.05) is 0 Å². The van der Waals surface area contributed by atoms with Crippen LogP contribution in [0.15, 0.2) is 17.9 Å². The summed E-state index contributed by atoms with van der Waals surface area (Å²) >= 11 is 0. The lowest BCUT2D eigenvalue weighted by Crippen LogP contribution is -2.41. The zero-order chi connectivity index (χ0) is 16.7. The normalized spacial score (nSPS) is 20.1. The summed E-state index contributed by atoms with van der Waals surface area (Å²) in [5.74, 6) is -2.45. The fourth-order valence-corrected chi connectivity index (χ4v) is 1.97. The number of rotatable bonds is 2. The molecule has 0 aromatic heterocycles. The maximum absolute atomic E-state index is 14.3. The molecule has 3 nitrogen and oxygen atoms in total. The van der Waals surface area contributed by atoms with Crippen molar-refractivity contribution in [2.45, 2.75) is 38.9 Å². The molecule has 1 aromatic rings. The highest BCUT2D eigenvalue weighted by molar-refractivity contribution is 6.54. The second-order valence-corrected chi connectivity index (χ2v) is 6.05. The molecule has 0 bridgehead atoms. The molecule has 1 aliphatic heterocycles. The molecule has 0 N–H and O–H groups in total. The van der Waals surface area contributed by atoms with E-state index in [1.807, 2.05) is 0 Å². The van der Waals surface area contributed by atoms with E-state index in [0.29, 0.717) is 0 Å². The van der Waals surface area contributed by atoms with Crippen LogP contribution in [-0.4, -0.2) is 18.3 Å². The second-order valence-electron chi connectivity index (χ2n) is 6.05. The fourth-order valence-electron chi connectivity index (χ4n) is 1.97. The molecule has 1 saturated heterocycles. The molecule has 116 valence electrons. The van der Waals surface area contributed by atoms with Gasteiger partial charge >= 0.3 is 7.12 Å². The van der Waals surface area contributed by atoms with Crippen LogP contribution in [0.3, 0.4) is 0 Å². The van der Waals surface area contributed by atoms with Crippen LogP contribution in [0.25, 0.3) is 6.08 Å². The summed E-state index contributed by atoms with van der Waals surface area (Å²) in [6.45, 7) is 6.96. The first-order valence-corrected chi connectivity index (χ1v) is 6.70. The van der Waals surface area contributed by atoms with E-state index in [-0.39, 0.29) is 5.56 Å². The van der Waals surface area contributed by atoms with Crippen LogP contribution < -0.4 is 0 Å². The van der Waals surface area contributed by atoms with Crippen LogP contribution in [0.5, 0.6) is 0 Å². The van der Waals surface area contributed by atoms with Gasteiger partial charge in [-0.25, -0.2) is 13.2 Å². The summed E-state index contributed by atoms with van der Waals surface area (Å²) in [5, 5.41) is 8.92. The zero-order valence-corrected chi connectivity index (χ0v) is 12.7. The van der Waals surface area contributed by atoms with E-state index in [4.69, 9.17) is 14.6 Å². The van der Waals surface area contributed by atoms with Gasteiger partial charge in [0.25, 0.3) is 0 Å². The van der Waals surface area contributed by atoms with Crippen LogP contribution in [0.4, 0.5) is 13.2 Å². The van der Waals surface area contributed by atoms with Crippen molar-refractivity contribution in [3.63, 3.8) is 0 Å². The molecule has 0 unspecified atom stereocenters. The number of benzene rings is 1. The Labute approximate surface area is 127 Å². The van der Waals surface area contributed by atoms with E-state index in [2.05, 4.69) is 0 Å². The number of nitrogens with zero attached hydrogens (tertiary/aromatic N) is 1. The Bertz CT molecular complexity index is 664. The Morgan fingerprint density at radius 3 is 2.23 bits per heavy atom. The topological polar surface area (TPSA) is 42.2 Å². The first kappa shape index (κ1) is 16.6. The molecule has 1 aromatic carbocycles. The van der Waals surface area contributed by atoms with Crippen molar-refractivity contribution in [2.75, 3.05) is 0 Å². The molecule has 1 aliphatic rings. The van der Waals surface area contributed by atoms with Crippen molar-refractivity contribution in [1.82, 2.24) is 0 Å². The molecule has 0 amide bonds. The third kappa shape index (κ3) is 2.76. The number of hydrogen-bond acceptors (Lipinski definition) is 3. The van der Waals surface area contributed by atoms with Crippen LogP contribution in [0.1, 0.15) is 38.8 Å². The number of hydrogen-bond donors (Lipinski definition) is 0. The monoisotopic (exact) mass is 309 g/mol. The summed E-state index contributed by atoms with van der Waals surface area (Å²) in [4.78, 5) is 0. The van der Waals surface area contributed by atoms with E-state index >= 15 is 0 Å². The van der Waals surface area contributed by atoms with Gasteiger partial charge in [0.2, 0.25) is 0 Å². The standard InChI is InChI=1S/C15H15BF3NO2/c1-14(2)15(3,4)22-16(21-14)12(18)7-10-9(8-20)5-6-11(17)13(10)19/h5-7H,1-4H3. The lowest BCUT2D eigenvalue weighted by Gasteiger charge is -2.32. The maximum Gasteiger partial charge on any atom is 0.525 e. The minimum absolute atomic E-state index is 0.175. The summed E-state index contributed by atoms with van der Waals surface area (Å²) in [7, 11) is -1.33. The molecule has 2 rings (SSSR count). The van der Waals surface area contributed by atoms with E-state index in [0.717, 1.165) is 18.2 Å². The molecule has 0 radical (unpaired) electrons. The van der Waals surface area contributed by atoms with Crippen LogP contribution >= 0.6 is 0 Å². The minimum atomic E-state index is -1.33. The van der Waals surface area contributed by atoms with Gasteiger partial charge in [0.1, 0.15) is 5.73 Å². The first-order chi connectivity index (χ1) is 10.1. The molecular weight excluding hydrogens is 294 g/mol. The Kier molecular flexibility index (Phi) is 4.11. The second kappa shape index (κ2) is 5.45. The SMILES string of the molecule is CC1(C)OB(C(F)=Cc2c(C#N)ccc(F)c2F)OC1(C)C. The summed E-state index contributed by atoms with van der Waals surface area (Å²) in [6.07, 6.45) is 0.735. The van der Waals surface area contributed by atoms with E-state index in [9.17, 15) is 13.2 Å². The number of nitriles is 1. The quantitative estimate of drug-likeness (QED) is 0.781. The van der Waals surface area contributed by atoms with Gasteiger partial charge in [0, 0.05) is 5.56 Å². The Hall–Kier alpha value is -1.78. The molecule has 1 fully saturated rings. The van der Waals surface area contributed by atoms with Gasteiger partial charge in [0.15, 0.2) is 11.6 Å². The molecule has 7 heteroatoms. The van der Waals surface area contributed by atoms with Crippen molar-refractivity contribution >= 4 is 13.2 Å². The summed E-state index contributed by atoms with van der Waals surface area (Å²) in [5.41, 5.74) is -3.09. The van der Waals surface area contributed by atoms with E-state index in [1.165, 1.54) is 0 Å². The summed E-state index contributed by atoms with van der Waals surface area (Å²) < 4.78 is 52.3. The zero-order valence-electron chi connectivity index (χ0n) is 12.7. The van der Waals surface area contributed by atoms with Crippen molar-refractivity contribution in [1.29, 1.82) is 5.26 Å². The molecule has 22 heavy (non-hydrogen) atoms. The first-order valence-electron chi connectivity index (χ1n) is 6.70. The average molecular weight is 309 g/mol. The van der Waals surface area contributed by atoms with Crippen molar-refractivity contribution in [3.05, 3.63) is 40.6 Å². The van der Waals surface area contributed by atoms with Crippen molar-refractivity contribution < 1.29 is 22.5 Å². The molecule has 0 aliphatic carbocycles. The fraction of sp³-hybridized carbons (Fsp3) is 0.400. The lowest BCUT2D eigenvalue weighted by molar-refractivity contribution is 0.00578. The van der Waals surface area contributed by atoms with Crippen LogP contribution in [-0.2, 0) is 9.31 Å². The van der Waals surface area contributed by atoms with Gasteiger partial charge in [-0.15, -0.1) is 0 Å². The maximum atomic E-state index is 14.3. The number of halogens is 3. The average Bonchev–Trinajstić information content (AvgIpc) is 2.64. The minimum Gasteiger partial charge on any atom is -0.398 e. The predicted molar refractivity (Wildman–Crippen MR) is 76.2 cm³/mol. The smallest absolute Gasteiger partial charge is 0.398 e. The highest BCUT2D eigenvalue weighted by Crippen LogP contribution is 2.39. The predicted octanol–water partition coefficient (Wildman–Crippen LogP) is 3.78. The van der Waals surface area contributed by atoms with Gasteiger partial charge in [-0.2, -0.15) is 5.26 Å². The molecule has 1 heterocycles. The largest absolute Gasteiger partial charge is 0.525 e. The van der Waals surface area contributed by atoms with Gasteiger partial charge < -0.3 is 9.31 Å². The van der Waals surface area contributed by atoms with Gasteiger partial charge in [-0.05, 0) is 45.9 Å². The van der Waals surface area contributed by atoms with E-state index < -0.39 is 41.2 Å². The molecule has 0 spiro atoms. The third-order valence-electron chi connectivity index (χ3n) is 4.01. The third-order valence-corrected chi connectivity index (χ3v) is 4.01. The van der Waals surface area contributed by atoms with Crippen molar-refractivity contribution in [3.8, 4) is 6.07 Å². The molecular formula is C15H15BF3NO2. The highest BCUT2D eigenvalue weighted by Gasteiger charge is 2.53. The molecule has 0 atom stereocenters. The molecule has 0 saturated carbocycles. The van der Waals surface area contributed by atoms with Gasteiger partial charge in [0.05, 0.1) is 22.8 Å². The Morgan fingerprint density at radius 2 is 1.73 bits per heavy atom. The highest BCUT2D eigenvalue weighted by atomic mass is 19.2. The van der Waals surface area contributed by atoms with Crippen LogP contribution in [0, 0.1) is 23.0 Å². The van der Waals surface area contributed by atoms with E-state index in [1.54, 1.807) is 33.8 Å². The Morgan fingerprint density at radius 1 is 1.18 bits per heavy atom. The lowest BCUT2D eigenvalue weighted by atomic mass is 9.86. The van der Waals surface area contributed by atoms with Crippen LogP contribution in [0.2, 0.25) is 0 Å².